The number of hydrogen-bond donors (Lipinski definition) is 1. The third kappa shape index (κ3) is 3.96. The van der Waals surface area contributed by atoms with Crippen LogP contribution in [0.15, 0.2) is 24.3 Å². The van der Waals surface area contributed by atoms with Crippen molar-refractivity contribution in [3.05, 3.63) is 35.4 Å². The zero-order valence-electron chi connectivity index (χ0n) is 14.3. The van der Waals surface area contributed by atoms with E-state index >= 15 is 0 Å². The quantitative estimate of drug-likeness (QED) is 0.919. The zero-order chi connectivity index (χ0) is 16.9. The van der Waals surface area contributed by atoms with Gasteiger partial charge in [0.05, 0.1) is 0 Å². The van der Waals surface area contributed by atoms with Crippen molar-refractivity contribution in [1.29, 1.82) is 0 Å². The highest BCUT2D eigenvalue weighted by atomic mass is 16.5. The summed E-state index contributed by atoms with van der Waals surface area (Å²) < 4.78 is 5.47. The molecule has 1 unspecified atom stereocenters. The summed E-state index contributed by atoms with van der Waals surface area (Å²) >= 11 is 0. The van der Waals surface area contributed by atoms with Crippen molar-refractivity contribution in [3.63, 3.8) is 0 Å². The Kier molecular flexibility index (Phi) is 5.51. The first kappa shape index (κ1) is 17.0. The minimum absolute atomic E-state index is 0.00237. The predicted molar refractivity (Wildman–Crippen MR) is 91.3 cm³/mol. The van der Waals surface area contributed by atoms with E-state index in [1.165, 1.54) is 5.56 Å². The lowest BCUT2D eigenvalue weighted by molar-refractivity contribution is -0.143. The molecule has 2 aliphatic rings. The molecule has 0 bridgehead atoms. The van der Waals surface area contributed by atoms with Gasteiger partial charge in [0, 0.05) is 32.2 Å². The highest BCUT2D eigenvalue weighted by Crippen LogP contribution is 2.21. The van der Waals surface area contributed by atoms with E-state index in [4.69, 9.17) is 4.74 Å². The number of ether oxygens (including phenoxy) is 1. The summed E-state index contributed by atoms with van der Waals surface area (Å²) in [7, 11) is 0. The average Bonchev–Trinajstić information content (AvgIpc) is 3.15. The maximum absolute atomic E-state index is 12.4. The number of aryl methyl sites for hydroxylation is 1. The van der Waals surface area contributed by atoms with Crippen LogP contribution < -0.4 is 5.32 Å². The molecule has 2 fully saturated rings. The number of likely N-dealkylation sites (tertiary alicyclic amines) is 1. The topological polar surface area (TPSA) is 58.6 Å². The van der Waals surface area contributed by atoms with Gasteiger partial charge < -0.3 is 15.0 Å². The number of carbonyl (C=O) groups excluding carboxylic acids is 2. The Morgan fingerprint density at radius 2 is 1.96 bits per heavy atom. The first-order chi connectivity index (χ1) is 11.6. The minimum Gasteiger partial charge on any atom is -0.368 e. The standard InChI is InChI=1S/C19H26N2O3/c1-14-5-2-3-6-16(14)13-20-18(22)15-8-10-21(11-9-15)19(23)17-7-4-12-24-17/h2-3,5-6,15,17H,4,7-13H2,1H3,(H,20,22). The van der Waals surface area contributed by atoms with Crippen molar-refractivity contribution in [3.8, 4) is 0 Å². The van der Waals surface area contributed by atoms with Crippen LogP contribution in [0.4, 0.5) is 0 Å². The molecule has 1 aromatic rings. The molecule has 2 aliphatic heterocycles. The highest BCUT2D eigenvalue weighted by Gasteiger charge is 2.32. The van der Waals surface area contributed by atoms with Crippen LogP contribution in [-0.4, -0.2) is 42.5 Å². The molecule has 1 atom stereocenters. The van der Waals surface area contributed by atoms with Gasteiger partial charge in [-0.3, -0.25) is 9.59 Å². The van der Waals surface area contributed by atoms with E-state index in [1.54, 1.807) is 0 Å². The van der Waals surface area contributed by atoms with Gasteiger partial charge in [0.25, 0.3) is 5.91 Å². The van der Waals surface area contributed by atoms with E-state index < -0.39 is 0 Å². The molecule has 130 valence electrons. The van der Waals surface area contributed by atoms with E-state index in [9.17, 15) is 9.59 Å². The van der Waals surface area contributed by atoms with Crippen LogP contribution in [0.1, 0.15) is 36.8 Å². The molecular formula is C19H26N2O3. The van der Waals surface area contributed by atoms with Crippen molar-refractivity contribution >= 4 is 11.8 Å². The number of carbonyl (C=O) groups is 2. The lowest BCUT2D eigenvalue weighted by atomic mass is 9.95. The zero-order valence-corrected chi connectivity index (χ0v) is 14.3. The van der Waals surface area contributed by atoms with E-state index in [2.05, 4.69) is 18.3 Å². The van der Waals surface area contributed by atoms with Crippen LogP contribution in [0, 0.1) is 12.8 Å². The Bertz CT molecular complexity index is 588. The molecular weight excluding hydrogens is 304 g/mol. The van der Waals surface area contributed by atoms with Gasteiger partial charge >= 0.3 is 0 Å². The average molecular weight is 330 g/mol. The number of benzene rings is 1. The largest absolute Gasteiger partial charge is 0.368 e. The van der Waals surface area contributed by atoms with Crippen LogP contribution in [0.25, 0.3) is 0 Å². The van der Waals surface area contributed by atoms with Crippen molar-refractivity contribution in [2.45, 2.75) is 45.3 Å². The van der Waals surface area contributed by atoms with Gasteiger partial charge in [0.1, 0.15) is 6.10 Å². The number of hydrogen-bond acceptors (Lipinski definition) is 3. The van der Waals surface area contributed by atoms with Crippen molar-refractivity contribution < 1.29 is 14.3 Å². The van der Waals surface area contributed by atoms with E-state index in [-0.39, 0.29) is 23.8 Å². The summed E-state index contributed by atoms with van der Waals surface area (Å²) in [6.45, 7) is 4.62. The second-order valence-corrected chi connectivity index (χ2v) is 6.75. The first-order valence-corrected chi connectivity index (χ1v) is 8.88. The molecule has 2 amide bonds. The number of nitrogens with one attached hydrogen (secondary N) is 1. The second kappa shape index (κ2) is 7.79. The summed E-state index contributed by atoms with van der Waals surface area (Å²) in [5.41, 5.74) is 2.34. The summed E-state index contributed by atoms with van der Waals surface area (Å²) in [5, 5.41) is 3.04. The lowest BCUT2D eigenvalue weighted by Gasteiger charge is -2.32. The smallest absolute Gasteiger partial charge is 0.251 e. The van der Waals surface area contributed by atoms with Crippen LogP contribution in [0.3, 0.4) is 0 Å². The molecule has 2 heterocycles. The molecule has 0 aromatic heterocycles. The van der Waals surface area contributed by atoms with Gasteiger partial charge in [-0.25, -0.2) is 0 Å². The molecule has 2 saturated heterocycles. The SMILES string of the molecule is Cc1ccccc1CNC(=O)C1CCN(C(=O)C2CCCO2)CC1. The fourth-order valence-corrected chi connectivity index (χ4v) is 3.47. The number of piperidine rings is 1. The summed E-state index contributed by atoms with van der Waals surface area (Å²) in [6, 6.07) is 8.08. The van der Waals surface area contributed by atoms with E-state index in [1.807, 2.05) is 23.1 Å². The van der Waals surface area contributed by atoms with Crippen molar-refractivity contribution in [1.82, 2.24) is 10.2 Å². The molecule has 3 rings (SSSR count). The second-order valence-electron chi connectivity index (χ2n) is 6.75. The van der Waals surface area contributed by atoms with E-state index in [0.29, 0.717) is 26.2 Å². The molecule has 5 heteroatoms. The van der Waals surface area contributed by atoms with Gasteiger partial charge in [0.2, 0.25) is 5.91 Å². The fraction of sp³-hybridized carbons (Fsp3) is 0.579. The Morgan fingerprint density at radius 3 is 2.62 bits per heavy atom. The Hall–Kier alpha value is -1.88. The third-order valence-corrected chi connectivity index (χ3v) is 5.10. The van der Waals surface area contributed by atoms with Gasteiger partial charge in [0.15, 0.2) is 0 Å². The van der Waals surface area contributed by atoms with Crippen molar-refractivity contribution in [2.24, 2.45) is 5.92 Å². The number of rotatable bonds is 4. The lowest BCUT2D eigenvalue weighted by Crippen LogP contribution is -2.46. The Morgan fingerprint density at radius 1 is 1.21 bits per heavy atom. The van der Waals surface area contributed by atoms with Gasteiger partial charge in [-0.1, -0.05) is 24.3 Å². The molecule has 5 nitrogen and oxygen atoms in total. The van der Waals surface area contributed by atoms with E-state index in [0.717, 1.165) is 31.2 Å². The summed E-state index contributed by atoms with van der Waals surface area (Å²) in [4.78, 5) is 26.6. The number of amides is 2. The van der Waals surface area contributed by atoms with Crippen LogP contribution in [0.2, 0.25) is 0 Å². The molecule has 24 heavy (non-hydrogen) atoms. The first-order valence-electron chi connectivity index (χ1n) is 8.88. The van der Waals surface area contributed by atoms with Crippen LogP contribution in [-0.2, 0) is 20.9 Å². The molecule has 0 radical (unpaired) electrons. The van der Waals surface area contributed by atoms with Crippen molar-refractivity contribution in [2.75, 3.05) is 19.7 Å². The maximum Gasteiger partial charge on any atom is 0.251 e. The van der Waals surface area contributed by atoms with Gasteiger partial charge in [-0.05, 0) is 43.7 Å². The molecule has 0 spiro atoms. The van der Waals surface area contributed by atoms with Crippen LogP contribution >= 0.6 is 0 Å². The normalized spacial score (nSPS) is 21.7. The van der Waals surface area contributed by atoms with Gasteiger partial charge in [-0.2, -0.15) is 0 Å². The highest BCUT2D eigenvalue weighted by molar-refractivity contribution is 5.82. The monoisotopic (exact) mass is 330 g/mol. The molecule has 1 N–H and O–H groups in total. The molecule has 1 aromatic carbocycles. The summed E-state index contributed by atoms with van der Waals surface area (Å²) in [5.74, 6) is 0.205. The maximum atomic E-state index is 12.4. The Labute approximate surface area is 143 Å². The third-order valence-electron chi connectivity index (χ3n) is 5.10. The minimum atomic E-state index is -0.253. The molecule has 0 saturated carbocycles. The van der Waals surface area contributed by atoms with Gasteiger partial charge in [-0.15, -0.1) is 0 Å². The molecule has 0 aliphatic carbocycles. The summed E-state index contributed by atoms with van der Waals surface area (Å²) in [6.07, 6.45) is 3.01. The fourth-order valence-electron chi connectivity index (χ4n) is 3.47. The predicted octanol–water partition coefficient (Wildman–Crippen LogP) is 2.03. The Balaban J connectivity index is 1.45. The number of nitrogens with zero attached hydrogens (tertiary/aromatic N) is 1. The van der Waals surface area contributed by atoms with Crippen LogP contribution in [0.5, 0.6) is 0 Å².